The molecule has 5 nitrogen and oxygen atoms in total. The van der Waals surface area contributed by atoms with Gasteiger partial charge in [-0.15, -0.1) is 0 Å². The third-order valence-electron chi connectivity index (χ3n) is 2.65. The van der Waals surface area contributed by atoms with Gasteiger partial charge in [-0.2, -0.15) is 0 Å². The van der Waals surface area contributed by atoms with Gasteiger partial charge < -0.3 is 10.1 Å². The van der Waals surface area contributed by atoms with Crippen LogP contribution < -0.4 is 10.1 Å². The Morgan fingerprint density at radius 2 is 2.18 bits per heavy atom. The molecular formula is C12H19N2O3+. The minimum atomic E-state index is -0.423. The summed E-state index contributed by atoms with van der Waals surface area (Å²) in [4.78, 5) is 10.3. The molecule has 17 heavy (non-hydrogen) atoms. The van der Waals surface area contributed by atoms with E-state index in [4.69, 9.17) is 4.74 Å². The molecule has 0 aliphatic carbocycles. The first-order chi connectivity index (χ1) is 8.15. The van der Waals surface area contributed by atoms with Gasteiger partial charge in [0.15, 0.2) is 5.75 Å². The summed E-state index contributed by atoms with van der Waals surface area (Å²) < 4.78 is 5.42. The van der Waals surface area contributed by atoms with Crippen molar-refractivity contribution in [2.24, 2.45) is 0 Å². The Bertz CT molecular complexity index is 369. The molecule has 0 radical (unpaired) electrons. The lowest BCUT2D eigenvalue weighted by molar-refractivity contribution is -0.686. The zero-order valence-electron chi connectivity index (χ0n) is 10.3. The van der Waals surface area contributed by atoms with Crippen LogP contribution in [0.3, 0.4) is 0 Å². The molecule has 1 atom stereocenters. The summed E-state index contributed by atoms with van der Waals surface area (Å²) in [5, 5.41) is 12.9. The average molecular weight is 239 g/mol. The molecule has 0 saturated heterocycles. The zero-order valence-corrected chi connectivity index (χ0v) is 10.3. The second kappa shape index (κ2) is 6.85. The number of rotatable bonds is 7. The van der Waals surface area contributed by atoms with E-state index in [2.05, 4.69) is 19.2 Å². The number of benzene rings is 1. The minimum absolute atomic E-state index is 0.0241. The van der Waals surface area contributed by atoms with Crippen LogP contribution in [-0.4, -0.2) is 24.1 Å². The van der Waals surface area contributed by atoms with E-state index >= 15 is 0 Å². The monoisotopic (exact) mass is 239 g/mol. The Morgan fingerprint density at radius 1 is 1.47 bits per heavy atom. The lowest BCUT2D eigenvalue weighted by atomic mass is 10.3. The number of quaternary nitrogens is 1. The summed E-state index contributed by atoms with van der Waals surface area (Å²) in [5.41, 5.74) is 0.0241. The molecule has 0 spiro atoms. The van der Waals surface area contributed by atoms with Crippen molar-refractivity contribution >= 4 is 5.69 Å². The molecule has 0 saturated carbocycles. The van der Waals surface area contributed by atoms with E-state index in [9.17, 15) is 10.1 Å². The largest absolute Gasteiger partial charge is 0.481 e. The van der Waals surface area contributed by atoms with Gasteiger partial charge >= 0.3 is 5.69 Å². The molecule has 0 aliphatic heterocycles. The highest BCUT2D eigenvalue weighted by Crippen LogP contribution is 2.25. The molecule has 0 amide bonds. The first-order valence-corrected chi connectivity index (χ1v) is 5.84. The molecule has 0 aliphatic rings. The van der Waals surface area contributed by atoms with Crippen LogP contribution in [0.5, 0.6) is 5.75 Å². The van der Waals surface area contributed by atoms with Gasteiger partial charge in [-0.3, -0.25) is 10.1 Å². The van der Waals surface area contributed by atoms with Crippen molar-refractivity contribution in [3.63, 3.8) is 0 Å². The summed E-state index contributed by atoms with van der Waals surface area (Å²) in [7, 11) is 0. The summed E-state index contributed by atoms with van der Waals surface area (Å²) in [6, 6.07) is 7.01. The van der Waals surface area contributed by atoms with Crippen molar-refractivity contribution in [3.8, 4) is 5.75 Å². The molecule has 94 valence electrons. The van der Waals surface area contributed by atoms with Gasteiger partial charge in [0.25, 0.3) is 0 Å². The van der Waals surface area contributed by atoms with Crippen LogP contribution in [0, 0.1) is 10.1 Å². The van der Waals surface area contributed by atoms with Gasteiger partial charge in [-0.1, -0.05) is 19.1 Å². The van der Waals surface area contributed by atoms with E-state index in [-0.39, 0.29) is 5.69 Å². The maximum Gasteiger partial charge on any atom is 0.310 e. The standard InChI is InChI=1S/C12H18N2O3/c1-3-10(2)13-8-9-17-12-7-5-4-6-11(12)14(15)16/h4-7,10,13H,3,8-9H2,1-2H3/p+1/t10-/m1/s1. The van der Waals surface area contributed by atoms with Gasteiger partial charge in [0, 0.05) is 6.07 Å². The fraction of sp³-hybridized carbons (Fsp3) is 0.500. The zero-order chi connectivity index (χ0) is 12.7. The molecule has 2 N–H and O–H groups in total. The van der Waals surface area contributed by atoms with E-state index in [1.54, 1.807) is 18.2 Å². The Labute approximate surface area is 101 Å². The third-order valence-corrected chi connectivity index (χ3v) is 2.65. The Kier molecular flexibility index (Phi) is 5.42. The predicted molar refractivity (Wildman–Crippen MR) is 65.1 cm³/mol. The maximum absolute atomic E-state index is 10.7. The van der Waals surface area contributed by atoms with Crippen molar-refractivity contribution in [1.29, 1.82) is 0 Å². The number of nitrogens with two attached hydrogens (primary N) is 1. The highest BCUT2D eigenvalue weighted by molar-refractivity contribution is 5.45. The van der Waals surface area contributed by atoms with Gasteiger partial charge in [-0.05, 0) is 19.4 Å². The molecule has 5 heteroatoms. The van der Waals surface area contributed by atoms with Crippen LogP contribution in [-0.2, 0) is 0 Å². The summed E-state index contributed by atoms with van der Waals surface area (Å²) in [6.45, 7) is 5.56. The smallest absolute Gasteiger partial charge is 0.310 e. The van der Waals surface area contributed by atoms with E-state index < -0.39 is 4.92 Å². The van der Waals surface area contributed by atoms with Crippen molar-refractivity contribution in [1.82, 2.24) is 0 Å². The first-order valence-electron chi connectivity index (χ1n) is 5.84. The summed E-state index contributed by atoms with van der Waals surface area (Å²) >= 11 is 0. The second-order valence-electron chi connectivity index (χ2n) is 3.98. The molecular weight excluding hydrogens is 220 g/mol. The van der Waals surface area contributed by atoms with E-state index in [0.29, 0.717) is 18.4 Å². The third kappa shape index (κ3) is 4.40. The van der Waals surface area contributed by atoms with Crippen LogP contribution in [0.4, 0.5) is 5.69 Å². The topological polar surface area (TPSA) is 69.0 Å². The maximum atomic E-state index is 10.7. The predicted octanol–water partition coefficient (Wildman–Crippen LogP) is 1.34. The number of hydrogen-bond donors (Lipinski definition) is 1. The van der Waals surface area contributed by atoms with Gasteiger partial charge in [0.1, 0.15) is 13.2 Å². The molecule has 0 unspecified atom stereocenters. The number of hydrogen-bond acceptors (Lipinski definition) is 3. The van der Waals surface area contributed by atoms with Crippen molar-refractivity contribution in [3.05, 3.63) is 34.4 Å². The Hall–Kier alpha value is -1.62. The van der Waals surface area contributed by atoms with E-state index in [1.807, 2.05) is 0 Å². The first kappa shape index (κ1) is 13.4. The highest BCUT2D eigenvalue weighted by atomic mass is 16.6. The molecule has 0 heterocycles. The molecule has 0 aromatic heterocycles. The molecule has 0 bridgehead atoms. The van der Waals surface area contributed by atoms with Crippen molar-refractivity contribution in [2.45, 2.75) is 26.3 Å². The lowest BCUT2D eigenvalue weighted by Gasteiger charge is -2.09. The number of nitro groups is 1. The van der Waals surface area contributed by atoms with Gasteiger partial charge in [0.05, 0.1) is 11.0 Å². The van der Waals surface area contributed by atoms with Crippen LogP contribution >= 0.6 is 0 Å². The Balaban J connectivity index is 2.44. The Morgan fingerprint density at radius 3 is 2.82 bits per heavy atom. The number of para-hydroxylation sites is 2. The van der Waals surface area contributed by atoms with Crippen LogP contribution in [0.25, 0.3) is 0 Å². The molecule has 1 rings (SSSR count). The number of nitro benzene ring substituents is 1. The van der Waals surface area contributed by atoms with E-state index in [0.717, 1.165) is 13.0 Å². The molecule has 1 aromatic rings. The van der Waals surface area contributed by atoms with Gasteiger partial charge in [0.2, 0.25) is 0 Å². The fourth-order valence-electron chi connectivity index (χ4n) is 1.42. The fourth-order valence-corrected chi connectivity index (χ4v) is 1.42. The van der Waals surface area contributed by atoms with E-state index in [1.165, 1.54) is 6.07 Å². The second-order valence-corrected chi connectivity index (χ2v) is 3.98. The van der Waals surface area contributed by atoms with Crippen LogP contribution in [0.15, 0.2) is 24.3 Å². The quantitative estimate of drug-likeness (QED) is 0.443. The summed E-state index contributed by atoms with van der Waals surface area (Å²) in [6.07, 6.45) is 1.10. The molecule has 1 aromatic carbocycles. The number of nitrogens with zero attached hydrogens (tertiary/aromatic N) is 1. The number of ether oxygens (including phenoxy) is 1. The van der Waals surface area contributed by atoms with Crippen molar-refractivity contribution in [2.75, 3.05) is 13.2 Å². The average Bonchev–Trinajstić information content (AvgIpc) is 2.34. The lowest BCUT2D eigenvalue weighted by Crippen LogP contribution is -2.90. The van der Waals surface area contributed by atoms with Crippen LogP contribution in [0.2, 0.25) is 0 Å². The highest BCUT2D eigenvalue weighted by Gasteiger charge is 2.13. The van der Waals surface area contributed by atoms with Crippen LogP contribution in [0.1, 0.15) is 20.3 Å². The normalized spacial score (nSPS) is 12.1. The van der Waals surface area contributed by atoms with Crippen molar-refractivity contribution < 1.29 is 15.0 Å². The van der Waals surface area contributed by atoms with Gasteiger partial charge in [-0.25, -0.2) is 0 Å². The molecule has 0 fully saturated rings. The summed E-state index contributed by atoms with van der Waals surface area (Å²) in [5.74, 6) is 0.343. The minimum Gasteiger partial charge on any atom is -0.481 e. The SMILES string of the molecule is CC[C@@H](C)[NH2+]CCOc1ccccc1[N+](=O)[O-].